The minimum Gasteiger partial charge on any atom is -0.208 e. The highest BCUT2D eigenvalue weighted by Crippen LogP contribution is 2.28. The molecule has 5 rings (SSSR count). The SMILES string of the molecule is Fc1cc(Cl)ccc1-c1nc(-c2ccccc2)nc(-c2ccc(-c3ccccc3)cc2)n1. The summed E-state index contributed by atoms with van der Waals surface area (Å²) in [5, 5.41) is 0.320. The van der Waals surface area contributed by atoms with Crippen molar-refractivity contribution in [2.24, 2.45) is 0 Å². The zero-order valence-corrected chi connectivity index (χ0v) is 17.7. The summed E-state index contributed by atoms with van der Waals surface area (Å²) >= 11 is 5.93. The zero-order chi connectivity index (χ0) is 21.9. The molecule has 0 unspecified atom stereocenters. The van der Waals surface area contributed by atoms with Crippen LogP contribution in [0.3, 0.4) is 0 Å². The predicted molar refractivity (Wildman–Crippen MR) is 127 cm³/mol. The number of benzene rings is 4. The molecule has 0 fully saturated rings. The van der Waals surface area contributed by atoms with Gasteiger partial charge >= 0.3 is 0 Å². The van der Waals surface area contributed by atoms with Crippen molar-refractivity contribution in [3.63, 3.8) is 0 Å². The van der Waals surface area contributed by atoms with Gasteiger partial charge in [-0.3, -0.25) is 0 Å². The van der Waals surface area contributed by atoms with E-state index < -0.39 is 5.82 Å². The van der Waals surface area contributed by atoms with Crippen LogP contribution in [0.5, 0.6) is 0 Å². The molecule has 5 heteroatoms. The van der Waals surface area contributed by atoms with Gasteiger partial charge in [0.15, 0.2) is 17.5 Å². The van der Waals surface area contributed by atoms with Crippen molar-refractivity contribution in [2.75, 3.05) is 0 Å². The Labute approximate surface area is 190 Å². The lowest BCUT2D eigenvalue weighted by atomic mass is 10.0. The number of rotatable bonds is 4. The molecule has 0 bridgehead atoms. The molecule has 1 heterocycles. The fraction of sp³-hybridized carbons (Fsp3) is 0. The van der Waals surface area contributed by atoms with Crippen LogP contribution in [0.1, 0.15) is 0 Å². The largest absolute Gasteiger partial charge is 0.208 e. The van der Waals surface area contributed by atoms with Gasteiger partial charge in [-0.15, -0.1) is 0 Å². The third-order valence-electron chi connectivity index (χ3n) is 5.09. The van der Waals surface area contributed by atoms with Crippen molar-refractivity contribution >= 4 is 11.6 Å². The molecule has 0 atom stereocenters. The van der Waals surface area contributed by atoms with Crippen molar-refractivity contribution in [1.29, 1.82) is 0 Å². The number of aromatic nitrogens is 3. The lowest BCUT2D eigenvalue weighted by molar-refractivity contribution is 0.630. The molecule has 0 spiro atoms. The van der Waals surface area contributed by atoms with Crippen LogP contribution >= 0.6 is 11.6 Å². The molecule has 0 aliphatic carbocycles. The summed E-state index contributed by atoms with van der Waals surface area (Å²) in [5.74, 6) is 0.734. The highest BCUT2D eigenvalue weighted by Gasteiger charge is 2.15. The fourth-order valence-corrected chi connectivity index (χ4v) is 3.61. The van der Waals surface area contributed by atoms with Crippen molar-refractivity contribution in [1.82, 2.24) is 15.0 Å². The van der Waals surface area contributed by atoms with Gasteiger partial charge in [0.2, 0.25) is 0 Å². The quantitative estimate of drug-likeness (QED) is 0.295. The van der Waals surface area contributed by atoms with E-state index >= 15 is 0 Å². The normalized spacial score (nSPS) is 10.8. The van der Waals surface area contributed by atoms with Gasteiger partial charge in [0.05, 0.1) is 5.56 Å². The van der Waals surface area contributed by atoms with Crippen LogP contribution in [-0.4, -0.2) is 15.0 Å². The van der Waals surface area contributed by atoms with Gasteiger partial charge in [0.25, 0.3) is 0 Å². The third-order valence-corrected chi connectivity index (χ3v) is 5.32. The second kappa shape index (κ2) is 8.69. The average molecular weight is 438 g/mol. The van der Waals surface area contributed by atoms with Crippen LogP contribution in [0.4, 0.5) is 4.39 Å². The van der Waals surface area contributed by atoms with Crippen molar-refractivity contribution < 1.29 is 4.39 Å². The molecule has 4 aromatic carbocycles. The first-order valence-electron chi connectivity index (χ1n) is 10.1. The molecule has 0 N–H and O–H groups in total. The number of halogens is 2. The van der Waals surface area contributed by atoms with Crippen LogP contribution in [0.2, 0.25) is 5.02 Å². The Morgan fingerprint density at radius 2 is 0.969 bits per heavy atom. The standard InChI is InChI=1S/C27H17ClFN3/c28-22-15-16-23(24(29)17-22)27-31-25(20-9-5-2-6-10-20)30-26(32-27)21-13-11-19(12-14-21)18-7-3-1-4-8-18/h1-17H. The van der Waals surface area contributed by atoms with Crippen LogP contribution in [-0.2, 0) is 0 Å². The number of hydrogen-bond acceptors (Lipinski definition) is 3. The van der Waals surface area contributed by atoms with Gasteiger partial charge in [-0.05, 0) is 29.3 Å². The summed E-state index contributed by atoms with van der Waals surface area (Å²) in [6.07, 6.45) is 0. The number of hydrogen-bond donors (Lipinski definition) is 0. The molecule has 0 radical (unpaired) electrons. The first-order valence-corrected chi connectivity index (χ1v) is 10.5. The van der Waals surface area contributed by atoms with E-state index in [9.17, 15) is 4.39 Å². The van der Waals surface area contributed by atoms with Crippen molar-refractivity contribution in [2.45, 2.75) is 0 Å². The molecular formula is C27H17ClFN3. The smallest absolute Gasteiger partial charge is 0.167 e. The van der Waals surface area contributed by atoms with E-state index in [4.69, 9.17) is 11.6 Å². The summed E-state index contributed by atoms with van der Waals surface area (Å²) in [7, 11) is 0. The molecule has 0 saturated heterocycles. The Bertz CT molecular complexity index is 1370. The van der Waals surface area contributed by atoms with Crippen LogP contribution in [0, 0.1) is 5.82 Å². The van der Waals surface area contributed by atoms with E-state index in [2.05, 4.69) is 27.1 Å². The summed E-state index contributed by atoms with van der Waals surface area (Å²) in [5.41, 5.74) is 4.14. The van der Waals surface area contributed by atoms with E-state index in [1.807, 2.05) is 72.8 Å². The molecule has 32 heavy (non-hydrogen) atoms. The van der Waals surface area contributed by atoms with Crippen LogP contribution < -0.4 is 0 Å². The summed E-state index contributed by atoms with van der Waals surface area (Å²) < 4.78 is 14.7. The van der Waals surface area contributed by atoms with E-state index in [-0.39, 0.29) is 11.4 Å². The summed E-state index contributed by atoms with van der Waals surface area (Å²) in [6, 6.07) is 32.2. The Hall–Kier alpha value is -3.89. The Morgan fingerprint density at radius 3 is 1.56 bits per heavy atom. The van der Waals surface area contributed by atoms with Gasteiger partial charge in [-0.25, -0.2) is 19.3 Å². The van der Waals surface area contributed by atoms with Gasteiger partial charge in [-0.2, -0.15) is 0 Å². The topological polar surface area (TPSA) is 38.7 Å². The molecular weight excluding hydrogens is 421 g/mol. The maximum absolute atomic E-state index is 14.7. The molecule has 0 saturated carbocycles. The minimum atomic E-state index is -0.479. The molecule has 0 amide bonds. The highest BCUT2D eigenvalue weighted by atomic mass is 35.5. The first kappa shape index (κ1) is 20.0. The number of nitrogens with zero attached hydrogens (tertiary/aromatic N) is 3. The fourth-order valence-electron chi connectivity index (χ4n) is 3.45. The monoisotopic (exact) mass is 437 g/mol. The van der Waals surface area contributed by atoms with Crippen molar-refractivity contribution in [3.05, 3.63) is 114 Å². The average Bonchev–Trinajstić information content (AvgIpc) is 2.85. The lowest BCUT2D eigenvalue weighted by Gasteiger charge is -2.09. The Morgan fingerprint density at radius 1 is 0.500 bits per heavy atom. The molecule has 5 aromatic rings. The second-order valence-electron chi connectivity index (χ2n) is 7.24. The van der Waals surface area contributed by atoms with Crippen molar-refractivity contribution in [3.8, 4) is 45.3 Å². The molecule has 0 aliphatic rings. The summed E-state index contributed by atoms with van der Waals surface area (Å²) in [4.78, 5) is 13.8. The van der Waals surface area contributed by atoms with E-state index in [0.29, 0.717) is 16.7 Å². The second-order valence-corrected chi connectivity index (χ2v) is 7.68. The van der Waals surface area contributed by atoms with Gasteiger partial charge in [0.1, 0.15) is 5.82 Å². The zero-order valence-electron chi connectivity index (χ0n) is 16.9. The minimum absolute atomic E-state index is 0.259. The Kier molecular flexibility index (Phi) is 5.44. The Balaban J connectivity index is 1.63. The maximum atomic E-state index is 14.7. The lowest BCUT2D eigenvalue weighted by Crippen LogP contribution is -2.01. The predicted octanol–water partition coefficient (Wildman–Crippen LogP) is 7.33. The van der Waals surface area contributed by atoms with Crippen LogP contribution in [0.25, 0.3) is 45.3 Å². The molecule has 1 aromatic heterocycles. The maximum Gasteiger partial charge on any atom is 0.167 e. The van der Waals surface area contributed by atoms with Crippen LogP contribution in [0.15, 0.2) is 103 Å². The highest BCUT2D eigenvalue weighted by molar-refractivity contribution is 6.30. The van der Waals surface area contributed by atoms with E-state index in [1.165, 1.54) is 6.07 Å². The first-order chi connectivity index (χ1) is 15.7. The molecule has 154 valence electrons. The van der Waals surface area contributed by atoms with E-state index in [1.54, 1.807) is 12.1 Å². The molecule has 3 nitrogen and oxygen atoms in total. The van der Waals surface area contributed by atoms with E-state index in [0.717, 1.165) is 22.3 Å². The van der Waals surface area contributed by atoms with Gasteiger partial charge in [-0.1, -0.05) is 96.5 Å². The third kappa shape index (κ3) is 4.13. The van der Waals surface area contributed by atoms with Gasteiger partial charge < -0.3 is 0 Å². The van der Waals surface area contributed by atoms with Gasteiger partial charge in [0, 0.05) is 16.1 Å². The summed E-state index contributed by atoms with van der Waals surface area (Å²) in [6.45, 7) is 0. The molecule has 0 aliphatic heterocycles.